The van der Waals surface area contributed by atoms with E-state index in [2.05, 4.69) is 0 Å². The van der Waals surface area contributed by atoms with E-state index in [9.17, 15) is 8.42 Å². The Bertz CT molecular complexity index is 470. The van der Waals surface area contributed by atoms with Crippen LogP contribution in [0.3, 0.4) is 0 Å². The SMILES string of the molecule is O=S(=O)(CCO)N1CCc2ccccc2C1. The first-order chi connectivity index (χ1) is 7.63. The fraction of sp³-hybridized carbons (Fsp3) is 0.455. The summed E-state index contributed by atoms with van der Waals surface area (Å²) in [5.74, 6) is -0.185. The van der Waals surface area contributed by atoms with Crippen LogP contribution in [-0.2, 0) is 23.0 Å². The van der Waals surface area contributed by atoms with Gasteiger partial charge in [0.05, 0.1) is 12.4 Å². The van der Waals surface area contributed by atoms with E-state index in [0.29, 0.717) is 13.1 Å². The monoisotopic (exact) mass is 241 g/mol. The zero-order valence-corrected chi connectivity index (χ0v) is 9.78. The van der Waals surface area contributed by atoms with E-state index in [4.69, 9.17) is 5.11 Å². The topological polar surface area (TPSA) is 57.6 Å². The van der Waals surface area contributed by atoms with Crippen molar-refractivity contribution in [2.45, 2.75) is 13.0 Å². The number of hydrogen-bond acceptors (Lipinski definition) is 3. The second-order valence-electron chi connectivity index (χ2n) is 3.89. The Morgan fingerprint density at radius 2 is 1.94 bits per heavy atom. The minimum absolute atomic E-state index is 0.185. The molecule has 1 heterocycles. The summed E-state index contributed by atoms with van der Waals surface area (Å²) in [5.41, 5.74) is 2.29. The van der Waals surface area contributed by atoms with Crippen molar-refractivity contribution in [3.8, 4) is 0 Å². The lowest BCUT2D eigenvalue weighted by Gasteiger charge is -2.27. The Balaban J connectivity index is 2.20. The standard InChI is InChI=1S/C11H15NO3S/c13-7-8-16(14,15)12-6-5-10-3-1-2-4-11(10)9-12/h1-4,13H,5-9H2. The predicted molar refractivity (Wildman–Crippen MR) is 61.4 cm³/mol. The lowest BCUT2D eigenvalue weighted by molar-refractivity contribution is 0.312. The molecule has 1 aromatic rings. The maximum Gasteiger partial charge on any atom is 0.216 e. The van der Waals surface area contributed by atoms with E-state index in [0.717, 1.165) is 12.0 Å². The molecule has 0 saturated heterocycles. The van der Waals surface area contributed by atoms with Gasteiger partial charge < -0.3 is 5.11 Å². The van der Waals surface area contributed by atoms with Crippen molar-refractivity contribution >= 4 is 10.0 Å². The molecule has 0 aromatic heterocycles. The van der Waals surface area contributed by atoms with E-state index in [1.165, 1.54) is 9.87 Å². The minimum atomic E-state index is -3.29. The number of rotatable bonds is 3. The molecule has 4 nitrogen and oxygen atoms in total. The molecule has 88 valence electrons. The number of fused-ring (bicyclic) bond motifs is 1. The second kappa shape index (κ2) is 4.53. The maximum absolute atomic E-state index is 11.8. The highest BCUT2D eigenvalue weighted by Crippen LogP contribution is 2.20. The molecule has 0 fully saturated rings. The van der Waals surface area contributed by atoms with Gasteiger partial charge in [-0.05, 0) is 17.5 Å². The first-order valence-electron chi connectivity index (χ1n) is 5.29. The van der Waals surface area contributed by atoms with Gasteiger partial charge in [-0.15, -0.1) is 0 Å². The summed E-state index contributed by atoms with van der Waals surface area (Å²) in [5, 5.41) is 8.72. The Morgan fingerprint density at radius 1 is 1.25 bits per heavy atom. The smallest absolute Gasteiger partial charge is 0.216 e. The van der Waals surface area contributed by atoms with Crippen molar-refractivity contribution in [1.82, 2.24) is 4.31 Å². The highest BCUT2D eigenvalue weighted by atomic mass is 32.2. The third-order valence-electron chi connectivity index (χ3n) is 2.84. The second-order valence-corrected chi connectivity index (χ2v) is 5.98. The Hall–Kier alpha value is -0.910. The van der Waals surface area contributed by atoms with Gasteiger partial charge in [0, 0.05) is 13.1 Å². The van der Waals surface area contributed by atoms with Crippen LogP contribution in [0.4, 0.5) is 0 Å². The van der Waals surface area contributed by atoms with Crippen LogP contribution < -0.4 is 0 Å². The number of sulfonamides is 1. The third-order valence-corrected chi connectivity index (χ3v) is 4.64. The fourth-order valence-corrected chi connectivity index (χ4v) is 3.15. The Morgan fingerprint density at radius 3 is 2.62 bits per heavy atom. The van der Waals surface area contributed by atoms with Gasteiger partial charge in [-0.1, -0.05) is 24.3 Å². The summed E-state index contributed by atoms with van der Waals surface area (Å²) in [7, 11) is -3.29. The molecule has 0 radical (unpaired) electrons. The number of benzene rings is 1. The molecule has 0 unspecified atom stereocenters. The molecule has 0 amide bonds. The molecule has 5 heteroatoms. The predicted octanol–water partition coefficient (Wildman–Crippen LogP) is 0.367. The number of aliphatic hydroxyl groups is 1. The Labute approximate surface area is 95.6 Å². The molecule has 0 spiro atoms. The zero-order chi connectivity index (χ0) is 11.6. The highest BCUT2D eigenvalue weighted by Gasteiger charge is 2.25. The summed E-state index contributed by atoms with van der Waals surface area (Å²) in [6.45, 7) is 0.623. The van der Waals surface area contributed by atoms with Gasteiger partial charge in [-0.25, -0.2) is 8.42 Å². The van der Waals surface area contributed by atoms with Crippen LogP contribution in [0.25, 0.3) is 0 Å². The summed E-state index contributed by atoms with van der Waals surface area (Å²) < 4.78 is 25.0. The average molecular weight is 241 g/mol. The molecule has 1 aliphatic heterocycles. The Kier molecular flexibility index (Phi) is 3.28. The van der Waals surface area contributed by atoms with Crippen LogP contribution in [0.15, 0.2) is 24.3 Å². The molecule has 1 aliphatic rings. The van der Waals surface area contributed by atoms with E-state index in [1.807, 2.05) is 24.3 Å². The molecule has 0 saturated carbocycles. The van der Waals surface area contributed by atoms with Gasteiger partial charge in [0.15, 0.2) is 0 Å². The van der Waals surface area contributed by atoms with E-state index in [1.54, 1.807) is 0 Å². The van der Waals surface area contributed by atoms with Crippen molar-refractivity contribution in [2.24, 2.45) is 0 Å². The molecular weight excluding hydrogens is 226 g/mol. The van der Waals surface area contributed by atoms with Crippen molar-refractivity contribution in [3.05, 3.63) is 35.4 Å². The maximum atomic E-state index is 11.8. The van der Waals surface area contributed by atoms with E-state index >= 15 is 0 Å². The van der Waals surface area contributed by atoms with Gasteiger partial charge >= 0.3 is 0 Å². The van der Waals surface area contributed by atoms with Gasteiger partial charge in [0.2, 0.25) is 10.0 Å². The summed E-state index contributed by atoms with van der Waals surface area (Å²) >= 11 is 0. The third kappa shape index (κ3) is 2.26. The van der Waals surface area contributed by atoms with Crippen molar-refractivity contribution < 1.29 is 13.5 Å². The van der Waals surface area contributed by atoms with Gasteiger partial charge in [0.25, 0.3) is 0 Å². The molecule has 0 aliphatic carbocycles. The van der Waals surface area contributed by atoms with Gasteiger partial charge in [-0.3, -0.25) is 0 Å². The van der Waals surface area contributed by atoms with Crippen LogP contribution in [0.5, 0.6) is 0 Å². The highest BCUT2D eigenvalue weighted by molar-refractivity contribution is 7.89. The van der Waals surface area contributed by atoms with Crippen LogP contribution in [0.1, 0.15) is 11.1 Å². The van der Waals surface area contributed by atoms with Gasteiger partial charge in [0.1, 0.15) is 0 Å². The lowest BCUT2D eigenvalue weighted by atomic mass is 10.0. The fourth-order valence-electron chi connectivity index (χ4n) is 1.95. The zero-order valence-electron chi connectivity index (χ0n) is 8.96. The average Bonchev–Trinajstić information content (AvgIpc) is 2.28. The van der Waals surface area contributed by atoms with Gasteiger partial charge in [-0.2, -0.15) is 4.31 Å². The van der Waals surface area contributed by atoms with Crippen LogP contribution in [0.2, 0.25) is 0 Å². The van der Waals surface area contributed by atoms with Crippen LogP contribution in [0, 0.1) is 0 Å². The summed E-state index contributed by atoms with van der Waals surface area (Å²) in [6.07, 6.45) is 0.751. The van der Waals surface area contributed by atoms with E-state index < -0.39 is 10.0 Å². The molecular formula is C11H15NO3S. The number of hydrogen-bond donors (Lipinski definition) is 1. The van der Waals surface area contributed by atoms with Crippen LogP contribution >= 0.6 is 0 Å². The molecule has 1 aromatic carbocycles. The van der Waals surface area contributed by atoms with Crippen LogP contribution in [-0.4, -0.2) is 36.7 Å². The minimum Gasteiger partial charge on any atom is -0.395 e. The lowest BCUT2D eigenvalue weighted by Crippen LogP contribution is -2.38. The first kappa shape index (κ1) is 11.6. The molecule has 0 atom stereocenters. The quantitative estimate of drug-likeness (QED) is 0.831. The van der Waals surface area contributed by atoms with Crippen molar-refractivity contribution in [2.75, 3.05) is 18.9 Å². The largest absolute Gasteiger partial charge is 0.395 e. The first-order valence-corrected chi connectivity index (χ1v) is 6.90. The number of aliphatic hydroxyl groups excluding tert-OH is 1. The normalized spacial score (nSPS) is 17.1. The molecule has 1 N–H and O–H groups in total. The number of nitrogens with zero attached hydrogens (tertiary/aromatic N) is 1. The molecule has 16 heavy (non-hydrogen) atoms. The van der Waals surface area contributed by atoms with E-state index in [-0.39, 0.29) is 12.4 Å². The summed E-state index contributed by atoms with van der Waals surface area (Å²) in [4.78, 5) is 0. The molecule has 0 bridgehead atoms. The summed E-state index contributed by atoms with van der Waals surface area (Å²) in [6, 6.07) is 7.87. The molecule has 2 rings (SSSR count). The van der Waals surface area contributed by atoms with Crippen molar-refractivity contribution in [1.29, 1.82) is 0 Å². The van der Waals surface area contributed by atoms with Crippen molar-refractivity contribution in [3.63, 3.8) is 0 Å².